The van der Waals surface area contributed by atoms with Gasteiger partial charge in [-0.05, 0) is 12.8 Å². The molecule has 0 amide bonds. The van der Waals surface area contributed by atoms with Crippen LogP contribution in [0.25, 0.3) is 0 Å². The number of oxime groups is 1. The Hall–Kier alpha value is -0.610. The first kappa shape index (κ1) is 16.4. The van der Waals surface area contributed by atoms with Crippen LogP contribution in [0.3, 0.4) is 0 Å². The summed E-state index contributed by atoms with van der Waals surface area (Å²) in [4.78, 5) is 5.19. The smallest absolute Gasteiger partial charge is 0.144 e. The molecule has 0 aromatic rings. The van der Waals surface area contributed by atoms with Gasteiger partial charge in [-0.1, -0.05) is 45.7 Å². The van der Waals surface area contributed by atoms with E-state index in [9.17, 15) is 5.11 Å². The molecule has 0 aliphatic rings. The largest absolute Gasteiger partial charge is 0.393 e. The van der Waals surface area contributed by atoms with Crippen molar-refractivity contribution in [1.29, 1.82) is 0 Å². The van der Waals surface area contributed by atoms with E-state index in [0.717, 1.165) is 31.4 Å². The molecule has 0 rings (SSSR count). The molecular formula is C13H28N2O2. The fourth-order valence-corrected chi connectivity index (χ4v) is 1.44. The van der Waals surface area contributed by atoms with Crippen LogP contribution in [0.2, 0.25) is 0 Å². The minimum atomic E-state index is -0.495. The van der Waals surface area contributed by atoms with E-state index in [2.05, 4.69) is 24.3 Å². The molecular weight excluding hydrogens is 216 g/mol. The van der Waals surface area contributed by atoms with Crippen LogP contribution in [0.1, 0.15) is 53.4 Å². The van der Waals surface area contributed by atoms with Crippen molar-refractivity contribution in [1.82, 2.24) is 5.32 Å². The number of hydrogen-bond donors (Lipinski definition) is 2. The normalized spacial score (nSPS) is 12.6. The summed E-state index contributed by atoms with van der Waals surface area (Å²) in [5.74, 6) is 0. The predicted octanol–water partition coefficient (Wildman–Crippen LogP) is 2.32. The van der Waals surface area contributed by atoms with Crippen molar-refractivity contribution in [3.8, 4) is 0 Å². The zero-order valence-electron chi connectivity index (χ0n) is 11.7. The quantitative estimate of drug-likeness (QED) is 0.458. The highest BCUT2D eigenvalue weighted by molar-refractivity contribution is 5.83. The van der Waals surface area contributed by atoms with Gasteiger partial charge >= 0.3 is 0 Å². The van der Waals surface area contributed by atoms with Gasteiger partial charge in [-0.3, -0.25) is 0 Å². The summed E-state index contributed by atoms with van der Waals surface area (Å²) in [7, 11) is 0. The van der Waals surface area contributed by atoms with Gasteiger partial charge in [0, 0.05) is 12.6 Å². The fourth-order valence-electron chi connectivity index (χ4n) is 1.44. The second-order valence-corrected chi connectivity index (χ2v) is 4.67. The Balaban J connectivity index is 3.79. The molecule has 17 heavy (non-hydrogen) atoms. The van der Waals surface area contributed by atoms with Crippen molar-refractivity contribution in [2.24, 2.45) is 5.16 Å². The first-order valence-corrected chi connectivity index (χ1v) is 6.69. The van der Waals surface area contributed by atoms with E-state index >= 15 is 0 Å². The summed E-state index contributed by atoms with van der Waals surface area (Å²) in [5, 5.41) is 16.9. The van der Waals surface area contributed by atoms with Crippen molar-refractivity contribution in [3.05, 3.63) is 0 Å². The Morgan fingerprint density at radius 3 is 2.29 bits per heavy atom. The van der Waals surface area contributed by atoms with Crippen LogP contribution in [-0.2, 0) is 4.84 Å². The van der Waals surface area contributed by atoms with E-state index in [1.807, 2.05) is 13.8 Å². The molecule has 4 heteroatoms. The molecule has 0 aliphatic carbocycles. The minimum Gasteiger partial charge on any atom is -0.393 e. The van der Waals surface area contributed by atoms with Crippen LogP contribution in [0.15, 0.2) is 5.16 Å². The predicted molar refractivity (Wildman–Crippen MR) is 72.3 cm³/mol. The average molecular weight is 244 g/mol. The first-order chi connectivity index (χ1) is 8.10. The van der Waals surface area contributed by atoms with E-state index in [-0.39, 0.29) is 6.61 Å². The molecule has 1 atom stereocenters. The van der Waals surface area contributed by atoms with Gasteiger partial charge in [0.1, 0.15) is 12.7 Å². The highest BCUT2D eigenvalue weighted by Crippen LogP contribution is 2.01. The summed E-state index contributed by atoms with van der Waals surface area (Å²) in [5.41, 5.74) is 1.10. The minimum absolute atomic E-state index is 0.261. The van der Waals surface area contributed by atoms with Crippen LogP contribution < -0.4 is 5.32 Å². The van der Waals surface area contributed by atoms with Crippen molar-refractivity contribution >= 4 is 5.71 Å². The first-order valence-electron chi connectivity index (χ1n) is 6.69. The monoisotopic (exact) mass is 244 g/mol. The van der Waals surface area contributed by atoms with Gasteiger partial charge in [0.25, 0.3) is 0 Å². The van der Waals surface area contributed by atoms with Crippen molar-refractivity contribution in [3.63, 3.8) is 0 Å². The Morgan fingerprint density at radius 1 is 1.24 bits per heavy atom. The fraction of sp³-hybridized carbons (Fsp3) is 0.923. The van der Waals surface area contributed by atoms with Gasteiger partial charge in [-0.15, -0.1) is 0 Å². The molecule has 0 unspecified atom stereocenters. The molecule has 0 aromatic carbocycles. The maximum Gasteiger partial charge on any atom is 0.144 e. The van der Waals surface area contributed by atoms with Gasteiger partial charge in [0.2, 0.25) is 0 Å². The lowest BCUT2D eigenvalue weighted by atomic mass is 10.1. The molecule has 0 radical (unpaired) electrons. The third-order valence-corrected chi connectivity index (χ3v) is 2.30. The lowest BCUT2D eigenvalue weighted by Crippen LogP contribution is -2.34. The van der Waals surface area contributed by atoms with E-state index < -0.39 is 6.10 Å². The van der Waals surface area contributed by atoms with Crippen molar-refractivity contribution < 1.29 is 9.94 Å². The number of nitrogens with zero attached hydrogens (tertiary/aromatic N) is 1. The second-order valence-electron chi connectivity index (χ2n) is 4.67. The maximum atomic E-state index is 9.61. The van der Waals surface area contributed by atoms with Crippen LogP contribution >= 0.6 is 0 Å². The summed E-state index contributed by atoms with van der Waals surface area (Å²) in [6, 6.07) is 0.379. The molecule has 102 valence electrons. The topological polar surface area (TPSA) is 53.9 Å². The number of nitrogens with one attached hydrogen (secondary N) is 1. The van der Waals surface area contributed by atoms with E-state index in [4.69, 9.17) is 4.84 Å². The third kappa shape index (κ3) is 10.3. The Kier molecular flexibility index (Phi) is 10.2. The molecule has 0 spiro atoms. The number of hydrogen-bond acceptors (Lipinski definition) is 4. The van der Waals surface area contributed by atoms with Crippen molar-refractivity contribution in [2.75, 3.05) is 13.2 Å². The Morgan fingerprint density at radius 2 is 1.82 bits per heavy atom. The highest BCUT2D eigenvalue weighted by Gasteiger charge is 2.05. The molecule has 0 aromatic heterocycles. The van der Waals surface area contributed by atoms with E-state index in [1.54, 1.807) is 0 Å². The molecule has 0 heterocycles. The maximum absolute atomic E-state index is 9.61. The number of aliphatic hydroxyl groups excluding tert-OH is 1. The molecule has 2 N–H and O–H groups in total. The van der Waals surface area contributed by atoms with Crippen LogP contribution in [0.5, 0.6) is 0 Å². The van der Waals surface area contributed by atoms with Crippen LogP contribution in [0, 0.1) is 0 Å². The van der Waals surface area contributed by atoms with Crippen LogP contribution in [-0.4, -0.2) is 36.1 Å². The zero-order chi connectivity index (χ0) is 13.1. The van der Waals surface area contributed by atoms with Gasteiger partial charge in [-0.2, -0.15) is 0 Å². The SMILES string of the molecule is CCCC(CCC)=NOC[C@H](O)CNC(C)C. The molecule has 0 saturated carbocycles. The van der Waals surface area contributed by atoms with Gasteiger partial charge in [0.15, 0.2) is 0 Å². The molecule has 0 bridgehead atoms. The average Bonchev–Trinajstić information content (AvgIpc) is 2.27. The lowest BCUT2D eigenvalue weighted by Gasteiger charge is -2.13. The summed E-state index contributed by atoms with van der Waals surface area (Å²) >= 11 is 0. The zero-order valence-corrected chi connectivity index (χ0v) is 11.7. The van der Waals surface area contributed by atoms with E-state index in [0.29, 0.717) is 12.6 Å². The Bertz CT molecular complexity index is 198. The lowest BCUT2D eigenvalue weighted by molar-refractivity contribution is 0.0389. The number of rotatable bonds is 10. The third-order valence-electron chi connectivity index (χ3n) is 2.30. The second kappa shape index (κ2) is 10.5. The number of aliphatic hydroxyl groups is 1. The summed E-state index contributed by atoms with van der Waals surface area (Å²) in [6.45, 7) is 9.17. The van der Waals surface area contributed by atoms with E-state index in [1.165, 1.54) is 0 Å². The molecule has 4 nitrogen and oxygen atoms in total. The standard InChI is InChI=1S/C13H28N2O2/c1-5-7-12(8-6-2)15-17-10-13(16)9-14-11(3)4/h11,13-14,16H,5-10H2,1-4H3/t13-/m1/s1. The van der Waals surface area contributed by atoms with Gasteiger partial charge in [0.05, 0.1) is 5.71 Å². The van der Waals surface area contributed by atoms with Crippen molar-refractivity contribution in [2.45, 2.75) is 65.5 Å². The van der Waals surface area contributed by atoms with Crippen LogP contribution in [0.4, 0.5) is 0 Å². The summed E-state index contributed by atoms with van der Waals surface area (Å²) in [6.07, 6.45) is 3.63. The molecule has 0 fully saturated rings. The molecule has 0 saturated heterocycles. The summed E-state index contributed by atoms with van der Waals surface area (Å²) < 4.78 is 0. The molecule has 0 aliphatic heterocycles. The van der Waals surface area contributed by atoms with Gasteiger partial charge < -0.3 is 15.3 Å². The highest BCUT2D eigenvalue weighted by atomic mass is 16.6. The van der Waals surface area contributed by atoms with Gasteiger partial charge in [-0.25, -0.2) is 0 Å². The Labute approximate surface area is 105 Å².